The molecule has 1 unspecified atom stereocenters. The lowest BCUT2D eigenvalue weighted by Gasteiger charge is -2.23. The van der Waals surface area contributed by atoms with Gasteiger partial charge in [-0.25, -0.2) is 5.01 Å². The van der Waals surface area contributed by atoms with Crippen LogP contribution >= 0.6 is 0 Å². The minimum Gasteiger partial charge on any atom is -0.497 e. The van der Waals surface area contributed by atoms with E-state index in [9.17, 15) is 4.79 Å². The number of carbonyl (C=O) groups excluding carboxylic acids is 1. The van der Waals surface area contributed by atoms with Crippen LogP contribution in [0.2, 0.25) is 0 Å². The van der Waals surface area contributed by atoms with Gasteiger partial charge in [0.25, 0.3) is 5.91 Å². The number of aromatic nitrogens is 2. The molecule has 1 aliphatic heterocycles. The van der Waals surface area contributed by atoms with E-state index in [0.29, 0.717) is 35.5 Å². The standard InChI is InChI=1S/C29H28N4O6/c1-18-30-31-29(39-18)20-7-12-23(13-8-20)38-17-28(34)33-25(21-9-14-26(36-3)27(15-21)37-4)16-24(32-33)19-5-10-22(35-2)11-6-19/h5-15,25H,16-17H2,1-4H3. The van der Waals surface area contributed by atoms with Crippen molar-refractivity contribution in [2.75, 3.05) is 27.9 Å². The third-order valence-electron chi connectivity index (χ3n) is 6.37. The van der Waals surface area contributed by atoms with Gasteiger partial charge in [0.2, 0.25) is 11.8 Å². The molecule has 1 aromatic heterocycles. The fourth-order valence-corrected chi connectivity index (χ4v) is 4.34. The van der Waals surface area contributed by atoms with Gasteiger partial charge >= 0.3 is 0 Å². The minimum absolute atomic E-state index is 0.192. The Kier molecular flexibility index (Phi) is 7.44. The number of amides is 1. The van der Waals surface area contributed by atoms with Crippen LogP contribution in [0.15, 0.2) is 76.2 Å². The topological polar surface area (TPSA) is 109 Å². The molecular formula is C29H28N4O6. The normalized spacial score (nSPS) is 14.6. The average Bonchev–Trinajstić information content (AvgIpc) is 3.63. The molecule has 0 saturated heterocycles. The number of hydrogen-bond donors (Lipinski definition) is 0. The Morgan fingerprint density at radius 3 is 2.21 bits per heavy atom. The molecule has 10 nitrogen and oxygen atoms in total. The van der Waals surface area contributed by atoms with Crippen molar-refractivity contribution in [3.8, 4) is 34.5 Å². The lowest BCUT2D eigenvalue weighted by atomic mass is 9.98. The molecule has 0 radical (unpaired) electrons. The molecule has 4 aromatic rings. The summed E-state index contributed by atoms with van der Waals surface area (Å²) in [6.07, 6.45) is 0.520. The first kappa shape index (κ1) is 25.8. The van der Waals surface area contributed by atoms with E-state index in [1.165, 1.54) is 5.01 Å². The lowest BCUT2D eigenvalue weighted by Crippen LogP contribution is -2.31. The first-order valence-corrected chi connectivity index (χ1v) is 12.3. The van der Waals surface area contributed by atoms with E-state index in [2.05, 4.69) is 10.2 Å². The molecule has 0 fully saturated rings. The summed E-state index contributed by atoms with van der Waals surface area (Å²) in [4.78, 5) is 13.4. The van der Waals surface area contributed by atoms with Gasteiger partial charge in [-0.2, -0.15) is 5.10 Å². The maximum absolute atomic E-state index is 13.4. The van der Waals surface area contributed by atoms with Gasteiger partial charge in [-0.3, -0.25) is 4.79 Å². The van der Waals surface area contributed by atoms with Crippen LogP contribution in [-0.2, 0) is 4.79 Å². The number of ether oxygens (including phenoxy) is 4. The lowest BCUT2D eigenvalue weighted by molar-refractivity contribution is -0.135. The van der Waals surface area contributed by atoms with E-state index in [1.54, 1.807) is 52.5 Å². The summed E-state index contributed by atoms with van der Waals surface area (Å²) in [6, 6.07) is 20.0. The molecule has 0 N–H and O–H groups in total. The predicted octanol–water partition coefficient (Wildman–Crippen LogP) is 4.83. The number of nitrogens with zero attached hydrogens (tertiary/aromatic N) is 4. The monoisotopic (exact) mass is 528 g/mol. The molecule has 2 heterocycles. The molecule has 0 aliphatic carbocycles. The molecule has 5 rings (SSSR count). The molecule has 0 bridgehead atoms. The third-order valence-corrected chi connectivity index (χ3v) is 6.37. The van der Waals surface area contributed by atoms with Gasteiger partial charge in [-0.15, -0.1) is 10.2 Å². The van der Waals surface area contributed by atoms with Crippen LogP contribution in [-0.4, -0.2) is 54.8 Å². The van der Waals surface area contributed by atoms with E-state index < -0.39 is 0 Å². The zero-order valence-corrected chi connectivity index (χ0v) is 22.1. The first-order valence-electron chi connectivity index (χ1n) is 12.3. The largest absolute Gasteiger partial charge is 0.497 e. The highest BCUT2D eigenvalue weighted by Gasteiger charge is 2.34. The molecule has 200 valence electrons. The summed E-state index contributed by atoms with van der Waals surface area (Å²) < 4.78 is 27.4. The smallest absolute Gasteiger partial charge is 0.281 e. The number of hydrogen-bond acceptors (Lipinski definition) is 9. The number of methoxy groups -OCH3 is 3. The Morgan fingerprint density at radius 2 is 1.56 bits per heavy atom. The quantitative estimate of drug-likeness (QED) is 0.304. The maximum Gasteiger partial charge on any atom is 0.281 e. The second-order valence-electron chi connectivity index (χ2n) is 8.79. The zero-order chi connectivity index (χ0) is 27.4. The Balaban J connectivity index is 1.36. The Hall–Kier alpha value is -4.86. The van der Waals surface area contributed by atoms with Crippen LogP contribution in [0.25, 0.3) is 11.5 Å². The fourth-order valence-electron chi connectivity index (χ4n) is 4.34. The van der Waals surface area contributed by atoms with Crippen molar-refractivity contribution in [3.63, 3.8) is 0 Å². The predicted molar refractivity (Wildman–Crippen MR) is 143 cm³/mol. The highest BCUT2D eigenvalue weighted by molar-refractivity contribution is 6.03. The second kappa shape index (κ2) is 11.3. The summed E-state index contributed by atoms with van der Waals surface area (Å²) >= 11 is 0. The highest BCUT2D eigenvalue weighted by Crippen LogP contribution is 2.37. The number of benzene rings is 3. The number of aryl methyl sites for hydroxylation is 1. The highest BCUT2D eigenvalue weighted by atomic mass is 16.5. The number of hydrazone groups is 1. The summed E-state index contributed by atoms with van der Waals surface area (Å²) in [6.45, 7) is 1.54. The molecule has 3 aromatic carbocycles. The Labute approximate surface area is 225 Å². The first-order chi connectivity index (χ1) is 19.0. The summed E-state index contributed by atoms with van der Waals surface area (Å²) in [7, 11) is 4.78. The van der Waals surface area contributed by atoms with Gasteiger partial charge in [0.1, 0.15) is 11.5 Å². The Bertz CT molecular complexity index is 1480. The van der Waals surface area contributed by atoms with Gasteiger partial charge in [0.05, 0.1) is 33.1 Å². The van der Waals surface area contributed by atoms with Crippen molar-refractivity contribution >= 4 is 11.6 Å². The second-order valence-corrected chi connectivity index (χ2v) is 8.79. The summed E-state index contributed by atoms with van der Waals surface area (Å²) in [5.41, 5.74) is 3.32. The zero-order valence-electron chi connectivity index (χ0n) is 22.1. The van der Waals surface area contributed by atoms with Crippen molar-refractivity contribution < 1.29 is 28.2 Å². The van der Waals surface area contributed by atoms with Crippen LogP contribution in [0.1, 0.15) is 29.5 Å². The molecule has 1 atom stereocenters. The van der Waals surface area contributed by atoms with Crippen molar-refractivity contribution in [1.82, 2.24) is 15.2 Å². The van der Waals surface area contributed by atoms with Gasteiger partial charge in [-0.05, 0) is 71.8 Å². The minimum atomic E-state index is -0.346. The van der Waals surface area contributed by atoms with E-state index >= 15 is 0 Å². The van der Waals surface area contributed by atoms with Gasteiger partial charge in [0.15, 0.2) is 18.1 Å². The van der Waals surface area contributed by atoms with E-state index in [4.69, 9.17) is 28.5 Å². The number of rotatable bonds is 9. The molecule has 10 heteroatoms. The van der Waals surface area contributed by atoms with Crippen molar-refractivity contribution in [2.24, 2.45) is 5.10 Å². The molecule has 1 aliphatic rings. The van der Waals surface area contributed by atoms with E-state index in [0.717, 1.165) is 28.2 Å². The van der Waals surface area contributed by atoms with Crippen molar-refractivity contribution in [3.05, 3.63) is 83.7 Å². The van der Waals surface area contributed by atoms with Crippen LogP contribution in [0.5, 0.6) is 23.0 Å². The number of carbonyl (C=O) groups is 1. The third kappa shape index (κ3) is 5.54. The van der Waals surface area contributed by atoms with Crippen LogP contribution in [0.3, 0.4) is 0 Å². The summed E-state index contributed by atoms with van der Waals surface area (Å²) in [5.74, 6) is 3.09. The molecule has 1 amide bonds. The SMILES string of the molecule is COc1ccc(C2=NN(C(=O)COc3ccc(-c4nnc(C)o4)cc3)C(c3ccc(OC)c(OC)c3)C2)cc1. The van der Waals surface area contributed by atoms with Crippen LogP contribution in [0, 0.1) is 6.92 Å². The average molecular weight is 529 g/mol. The van der Waals surface area contributed by atoms with Crippen LogP contribution in [0.4, 0.5) is 0 Å². The van der Waals surface area contributed by atoms with Gasteiger partial charge in [-0.1, -0.05) is 6.07 Å². The van der Waals surface area contributed by atoms with E-state index in [1.807, 2.05) is 42.5 Å². The maximum atomic E-state index is 13.4. The molecular weight excluding hydrogens is 500 g/mol. The van der Waals surface area contributed by atoms with Gasteiger partial charge < -0.3 is 23.4 Å². The molecule has 39 heavy (non-hydrogen) atoms. The fraction of sp³-hybridized carbons (Fsp3) is 0.241. The molecule has 0 saturated carbocycles. The van der Waals surface area contributed by atoms with Crippen LogP contribution < -0.4 is 18.9 Å². The molecule has 0 spiro atoms. The summed E-state index contributed by atoms with van der Waals surface area (Å²) in [5, 5.41) is 14.1. The van der Waals surface area contributed by atoms with E-state index in [-0.39, 0.29) is 18.6 Å². The van der Waals surface area contributed by atoms with Gasteiger partial charge in [0, 0.05) is 18.9 Å². The van der Waals surface area contributed by atoms with Crippen molar-refractivity contribution in [1.29, 1.82) is 0 Å². The van der Waals surface area contributed by atoms with Crippen molar-refractivity contribution in [2.45, 2.75) is 19.4 Å². The Morgan fingerprint density at radius 1 is 0.872 bits per heavy atom.